The molecule has 3 nitrogen and oxygen atoms in total. The average molecular weight is 250 g/mol. The molecule has 0 radical (unpaired) electrons. The minimum absolute atomic E-state index is 0.136. The molecule has 0 aromatic carbocycles. The van der Waals surface area contributed by atoms with Gasteiger partial charge in [0, 0.05) is 10.8 Å². The number of thioether (sulfide) groups is 1. The fourth-order valence-corrected chi connectivity index (χ4v) is 3.93. The molecule has 92 valence electrons. The lowest BCUT2D eigenvalue weighted by molar-refractivity contribution is 0.457. The molecule has 0 bridgehead atoms. The van der Waals surface area contributed by atoms with E-state index in [-0.39, 0.29) is 5.56 Å². The third-order valence-electron chi connectivity index (χ3n) is 3.72. The van der Waals surface area contributed by atoms with Gasteiger partial charge in [-0.1, -0.05) is 6.92 Å². The Morgan fingerprint density at radius 3 is 2.88 bits per heavy atom. The Labute approximate surface area is 105 Å². The highest BCUT2D eigenvalue weighted by atomic mass is 32.2. The van der Waals surface area contributed by atoms with Crippen molar-refractivity contribution < 1.29 is 0 Å². The molecule has 0 spiro atoms. The van der Waals surface area contributed by atoms with Gasteiger partial charge in [-0.15, -0.1) is 11.8 Å². The summed E-state index contributed by atoms with van der Waals surface area (Å²) in [6.07, 6.45) is 3.27. The molecule has 2 aliphatic rings. The summed E-state index contributed by atoms with van der Waals surface area (Å²) in [6, 6.07) is 2.17. The van der Waals surface area contributed by atoms with Crippen LogP contribution < -0.4 is 10.9 Å². The Bertz CT molecular complexity index is 477. The van der Waals surface area contributed by atoms with Crippen molar-refractivity contribution in [2.75, 3.05) is 13.1 Å². The molecule has 1 aromatic heterocycles. The maximum absolute atomic E-state index is 12.1. The van der Waals surface area contributed by atoms with E-state index in [1.165, 1.54) is 5.56 Å². The first kappa shape index (κ1) is 11.4. The number of hydrogen-bond acceptors (Lipinski definition) is 3. The molecule has 1 aromatic rings. The molecule has 3 heterocycles. The number of hydrogen-bond donors (Lipinski definition) is 2. The second kappa shape index (κ2) is 4.50. The highest BCUT2D eigenvalue weighted by Crippen LogP contribution is 2.35. The van der Waals surface area contributed by atoms with E-state index in [1.54, 1.807) is 11.8 Å². The summed E-state index contributed by atoms with van der Waals surface area (Å²) in [7, 11) is 0. The standard InChI is InChI=1S/C13H18N2OS/c1-8-6-10-7-11(9-2-4-14-5-3-9)12(16)15-13(10)17-8/h7-9,14H,2-6H2,1H3,(H,15,16). The largest absolute Gasteiger partial charge is 0.317 e. The first-order chi connectivity index (χ1) is 8.24. The highest BCUT2D eigenvalue weighted by Gasteiger charge is 2.24. The normalized spacial score (nSPS) is 24.9. The van der Waals surface area contributed by atoms with Crippen LogP contribution in [0.5, 0.6) is 0 Å². The van der Waals surface area contributed by atoms with Gasteiger partial charge in [0.15, 0.2) is 0 Å². The van der Waals surface area contributed by atoms with E-state index in [4.69, 9.17) is 0 Å². The molecule has 1 fully saturated rings. The number of aromatic nitrogens is 1. The fourth-order valence-electron chi connectivity index (χ4n) is 2.82. The molecule has 4 heteroatoms. The third-order valence-corrected chi connectivity index (χ3v) is 4.89. The number of H-pyrrole nitrogens is 1. The minimum atomic E-state index is 0.136. The van der Waals surface area contributed by atoms with Crippen molar-refractivity contribution in [3.8, 4) is 0 Å². The lowest BCUT2D eigenvalue weighted by Gasteiger charge is -2.22. The zero-order chi connectivity index (χ0) is 11.8. The van der Waals surface area contributed by atoms with Gasteiger partial charge in [-0.2, -0.15) is 0 Å². The van der Waals surface area contributed by atoms with Gasteiger partial charge in [0.1, 0.15) is 0 Å². The van der Waals surface area contributed by atoms with Crippen molar-refractivity contribution in [1.29, 1.82) is 0 Å². The van der Waals surface area contributed by atoms with Gasteiger partial charge in [-0.05, 0) is 49.9 Å². The first-order valence-corrected chi connectivity index (χ1v) is 7.25. The topological polar surface area (TPSA) is 44.9 Å². The molecule has 0 amide bonds. The molecule has 1 saturated heterocycles. The Balaban J connectivity index is 1.95. The third kappa shape index (κ3) is 2.16. The van der Waals surface area contributed by atoms with Crippen LogP contribution in [0.25, 0.3) is 0 Å². The molecule has 2 N–H and O–H groups in total. The van der Waals surface area contributed by atoms with Crippen LogP contribution in [-0.4, -0.2) is 23.3 Å². The van der Waals surface area contributed by atoms with Crippen LogP contribution in [-0.2, 0) is 6.42 Å². The number of pyridine rings is 1. The van der Waals surface area contributed by atoms with Crippen LogP contribution >= 0.6 is 11.8 Å². The SMILES string of the molecule is CC1Cc2cc(C3CCNCC3)c(=O)[nH]c2S1. The van der Waals surface area contributed by atoms with Crippen LogP contribution in [0, 0.1) is 0 Å². The summed E-state index contributed by atoms with van der Waals surface area (Å²) in [4.78, 5) is 15.2. The quantitative estimate of drug-likeness (QED) is 0.800. The Morgan fingerprint density at radius 2 is 2.12 bits per heavy atom. The molecule has 1 atom stereocenters. The summed E-state index contributed by atoms with van der Waals surface area (Å²) in [5.41, 5.74) is 2.49. The number of aromatic amines is 1. The second-order valence-electron chi connectivity index (χ2n) is 5.07. The van der Waals surface area contributed by atoms with E-state index in [0.717, 1.165) is 42.9 Å². The predicted octanol–water partition coefficient (Wildman–Crippen LogP) is 1.88. The summed E-state index contributed by atoms with van der Waals surface area (Å²) in [6.45, 7) is 4.28. The molecule has 2 aliphatic heterocycles. The van der Waals surface area contributed by atoms with Crippen molar-refractivity contribution in [2.24, 2.45) is 0 Å². The van der Waals surface area contributed by atoms with E-state index in [9.17, 15) is 4.79 Å². The van der Waals surface area contributed by atoms with Gasteiger partial charge in [0.2, 0.25) is 0 Å². The maximum Gasteiger partial charge on any atom is 0.252 e. The van der Waals surface area contributed by atoms with Crippen molar-refractivity contribution in [3.05, 3.63) is 27.5 Å². The van der Waals surface area contributed by atoms with Gasteiger partial charge < -0.3 is 10.3 Å². The zero-order valence-electron chi connectivity index (χ0n) is 10.1. The van der Waals surface area contributed by atoms with E-state index in [1.807, 2.05) is 0 Å². The van der Waals surface area contributed by atoms with Crippen LogP contribution in [0.4, 0.5) is 0 Å². The van der Waals surface area contributed by atoms with Gasteiger partial charge in [-0.25, -0.2) is 0 Å². The number of rotatable bonds is 1. The van der Waals surface area contributed by atoms with Crippen LogP contribution in [0.1, 0.15) is 36.8 Å². The lowest BCUT2D eigenvalue weighted by Crippen LogP contribution is -2.29. The molecule has 0 saturated carbocycles. The lowest BCUT2D eigenvalue weighted by atomic mass is 9.90. The molecular weight excluding hydrogens is 232 g/mol. The van der Waals surface area contributed by atoms with Crippen LogP contribution in [0.15, 0.2) is 15.9 Å². The van der Waals surface area contributed by atoms with Crippen molar-refractivity contribution in [2.45, 2.75) is 42.4 Å². The summed E-state index contributed by atoms with van der Waals surface area (Å²) < 4.78 is 0. The van der Waals surface area contributed by atoms with Crippen LogP contribution in [0.2, 0.25) is 0 Å². The molecule has 0 aliphatic carbocycles. The molecule has 3 rings (SSSR count). The van der Waals surface area contributed by atoms with Crippen molar-refractivity contribution >= 4 is 11.8 Å². The Morgan fingerprint density at radius 1 is 1.35 bits per heavy atom. The summed E-state index contributed by atoms with van der Waals surface area (Å²) in [5.74, 6) is 0.450. The van der Waals surface area contributed by atoms with Crippen LogP contribution in [0.3, 0.4) is 0 Å². The molecular formula is C13H18N2OS. The predicted molar refractivity (Wildman–Crippen MR) is 70.9 cm³/mol. The number of piperidine rings is 1. The first-order valence-electron chi connectivity index (χ1n) is 6.37. The maximum atomic E-state index is 12.1. The Hall–Kier alpha value is -0.740. The van der Waals surface area contributed by atoms with E-state index >= 15 is 0 Å². The molecule has 1 unspecified atom stereocenters. The van der Waals surface area contributed by atoms with Gasteiger partial charge in [0.05, 0.1) is 5.03 Å². The Kier molecular flexibility index (Phi) is 3.01. The summed E-state index contributed by atoms with van der Waals surface area (Å²) in [5, 5.41) is 5.05. The number of fused-ring (bicyclic) bond motifs is 1. The number of nitrogens with one attached hydrogen (secondary N) is 2. The molecule has 17 heavy (non-hydrogen) atoms. The minimum Gasteiger partial charge on any atom is -0.317 e. The van der Waals surface area contributed by atoms with Crippen molar-refractivity contribution in [3.63, 3.8) is 0 Å². The van der Waals surface area contributed by atoms with Gasteiger partial charge in [0.25, 0.3) is 5.56 Å². The second-order valence-corrected chi connectivity index (χ2v) is 6.51. The monoisotopic (exact) mass is 250 g/mol. The van der Waals surface area contributed by atoms with E-state index in [2.05, 4.69) is 23.3 Å². The smallest absolute Gasteiger partial charge is 0.252 e. The van der Waals surface area contributed by atoms with Crippen molar-refractivity contribution in [1.82, 2.24) is 10.3 Å². The van der Waals surface area contributed by atoms with E-state index in [0.29, 0.717) is 11.2 Å². The van der Waals surface area contributed by atoms with Gasteiger partial charge >= 0.3 is 0 Å². The summed E-state index contributed by atoms with van der Waals surface area (Å²) >= 11 is 1.79. The van der Waals surface area contributed by atoms with Gasteiger partial charge in [-0.3, -0.25) is 4.79 Å². The van der Waals surface area contributed by atoms with E-state index < -0.39 is 0 Å². The fraction of sp³-hybridized carbons (Fsp3) is 0.615. The average Bonchev–Trinajstić information content (AvgIpc) is 2.68. The zero-order valence-corrected chi connectivity index (χ0v) is 10.9. The highest BCUT2D eigenvalue weighted by molar-refractivity contribution is 8.00.